The normalized spacial score (nSPS) is 29.2. The zero-order valence-corrected chi connectivity index (χ0v) is 16.0. The number of benzene rings is 1. The molecule has 0 spiro atoms. The SMILES string of the molecule is COC(=O)[C@@]1(C)N[C@@H](c2cccc(Cn3cccn3)c2)[C@H]2C(=O)N(C)C(=O)[C@H]21. The maximum atomic E-state index is 12.8. The monoisotopic (exact) mass is 382 g/mol. The quantitative estimate of drug-likeness (QED) is 0.619. The lowest BCUT2D eigenvalue weighted by molar-refractivity contribution is -0.152. The molecule has 0 bridgehead atoms. The van der Waals surface area contributed by atoms with E-state index < -0.39 is 29.4 Å². The van der Waals surface area contributed by atoms with E-state index in [4.69, 9.17) is 4.74 Å². The van der Waals surface area contributed by atoms with E-state index in [0.717, 1.165) is 16.0 Å². The summed E-state index contributed by atoms with van der Waals surface area (Å²) in [7, 11) is 2.75. The van der Waals surface area contributed by atoms with Crippen molar-refractivity contribution in [3.63, 3.8) is 0 Å². The van der Waals surface area contributed by atoms with Crippen LogP contribution in [0.5, 0.6) is 0 Å². The fraction of sp³-hybridized carbons (Fsp3) is 0.400. The van der Waals surface area contributed by atoms with Gasteiger partial charge >= 0.3 is 5.97 Å². The van der Waals surface area contributed by atoms with Gasteiger partial charge in [-0.2, -0.15) is 5.10 Å². The summed E-state index contributed by atoms with van der Waals surface area (Å²) in [5.74, 6) is -2.63. The van der Waals surface area contributed by atoms with Gasteiger partial charge in [-0.15, -0.1) is 0 Å². The standard InChI is InChI=1S/C20H22N4O4/c1-20(19(27)28-3)15-14(17(25)23(2)18(15)26)16(22-20)13-7-4-6-12(10-13)11-24-9-5-8-21-24/h4-10,14-16,22H,11H2,1-3H3/t14-,15-,16-,20-/m0/s1. The van der Waals surface area contributed by atoms with Crippen molar-refractivity contribution in [2.24, 2.45) is 11.8 Å². The van der Waals surface area contributed by atoms with Crippen LogP contribution in [0.3, 0.4) is 0 Å². The van der Waals surface area contributed by atoms with Crippen LogP contribution in [0.4, 0.5) is 0 Å². The Hall–Kier alpha value is -3.00. The van der Waals surface area contributed by atoms with E-state index in [1.54, 1.807) is 17.8 Å². The molecule has 0 saturated carbocycles. The number of carbonyl (C=O) groups excluding carboxylic acids is 3. The maximum Gasteiger partial charge on any atom is 0.326 e. The van der Waals surface area contributed by atoms with Gasteiger partial charge in [0.2, 0.25) is 11.8 Å². The molecule has 4 atom stereocenters. The Morgan fingerprint density at radius 3 is 2.75 bits per heavy atom. The second-order valence-electron chi connectivity index (χ2n) is 7.50. The fourth-order valence-corrected chi connectivity index (χ4v) is 4.44. The van der Waals surface area contributed by atoms with Gasteiger partial charge in [-0.25, -0.2) is 0 Å². The summed E-state index contributed by atoms with van der Waals surface area (Å²) in [6, 6.07) is 9.16. The molecule has 1 aromatic carbocycles. The van der Waals surface area contributed by atoms with Gasteiger partial charge in [0.15, 0.2) is 0 Å². The lowest BCUT2D eigenvalue weighted by atomic mass is 9.80. The Kier molecular flexibility index (Phi) is 4.30. The third-order valence-electron chi connectivity index (χ3n) is 5.83. The first kappa shape index (κ1) is 18.4. The first-order chi connectivity index (χ1) is 13.4. The molecule has 0 unspecified atom stereocenters. The van der Waals surface area contributed by atoms with Crippen molar-refractivity contribution in [2.45, 2.75) is 25.0 Å². The highest BCUT2D eigenvalue weighted by Crippen LogP contribution is 2.48. The average molecular weight is 382 g/mol. The number of fused-ring (bicyclic) bond motifs is 1. The molecule has 3 heterocycles. The summed E-state index contributed by atoms with van der Waals surface area (Å²) in [6.07, 6.45) is 3.59. The van der Waals surface area contributed by atoms with Gasteiger partial charge in [0.1, 0.15) is 5.54 Å². The highest BCUT2D eigenvalue weighted by molar-refractivity contribution is 6.09. The minimum absolute atomic E-state index is 0.280. The molecule has 8 nitrogen and oxygen atoms in total. The van der Waals surface area contributed by atoms with Crippen molar-refractivity contribution >= 4 is 17.8 Å². The summed E-state index contributed by atoms with van der Waals surface area (Å²) < 4.78 is 6.75. The van der Waals surface area contributed by atoms with Crippen LogP contribution in [-0.2, 0) is 25.7 Å². The number of hydrogen-bond donors (Lipinski definition) is 1. The van der Waals surface area contributed by atoms with E-state index in [1.807, 2.05) is 36.5 Å². The highest BCUT2D eigenvalue weighted by atomic mass is 16.5. The largest absolute Gasteiger partial charge is 0.468 e. The molecule has 28 heavy (non-hydrogen) atoms. The molecule has 1 N–H and O–H groups in total. The highest BCUT2D eigenvalue weighted by Gasteiger charge is 2.66. The molecule has 2 aliphatic heterocycles. The predicted molar refractivity (Wildman–Crippen MR) is 98.8 cm³/mol. The van der Waals surface area contributed by atoms with Crippen molar-refractivity contribution in [1.29, 1.82) is 0 Å². The van der Waals surface area contributed by atoms with Gasteiger partial charge in [-0.3, -0.25) is 29.3 Å². The summed E-state index contributed by atoms with van der Waals surface area (Å²) in [5.41, 5.74) is 0.597. The molecule has 0 radical (unpaired) electrons. The lowest BCUT2D eigenvalue weighted by Gasteiger charge is -2.28. The van der Waals surface area contributed by atoms with Crippen LogP contribution in [0.15, 0.2) is 42.7 Å². The third kappa shape index (κ3) is 2.63. The molecule has 146 valence electrons. The molecule has 2 saturated heterocycles. The van der Waals surface area contributed by atoms with E-state index >= 15 is 0 Å². The molecule has 2 aromatic rings. The van der Waals surface area contributed by atoms with Gasteiger partial charge in [-0.1, -0.05) is 24.3 Å². The zero-order chi connectivity index (χ0) is 20.1. The van der Waals surface area contributed by atoms with Crippen LogP contribution < -0.4 is 5.32 Å². The average Bonchev–Trinajstić information content (AvgIpc) is 3.37. The number of ether oxygens (including phenoxy) is 1. The predicted octanol–water partition coefficient (Wildman–Crippen LogP) is 0.738. The second kappa shape index (κ2) is 6.56. The van der Waals surface area contributed by atoms with Crippen LogP contribution in [0, 0.1) is 11.8 Å². The summed E-state index contributed by atoms with van der Waals surface area (Å²) in [6.45, 7) is 2.22. The van der Waals surface area contributed by atoms with Crippen molar-refractivity contribution in [2.75, 3.05) is 14.2 Å². The molecule has 8 heteroatoms. The van der Waals surface area contributed by atoms with Gasteiger partial charge in [0, 0.05) is 25.5 Å². The first-order valence-corrected chi connectivity index (χ1v) is 9.10. The van der Waals surface area contributed by atoms with Crippen molar-refractivity contribution in [1.82, 2.24) is 20.0 Å². The molecular weight excluding hydrogens is 360 g/mol. The molecule has 2 amide bonds. The number of likely N-dealkylation sites (tertiary alicyclic amines) is 1. The molecular formula is C20H22N4O4. The summed E-state index contributed by atoms with van der Waals surface area (Å²) in [5, 5.41) is 7.45. The number of imide groups is 1. The Morgan fingerprint density at radius 1 is 1.29 bits per heavy atom. The topological polar surface area (TPSA) is 93.5 Å². The molecule has 0 aliphatic carbocycles. The van der Waals surface area contributed by atoms with Crippen LogP contribution in [0.1, 0.15) is 24.1 Å². The van der Waals surface area contributed by atoms with Gasteiger partial charge in [0.25, 0.3) is 0 Å². The number of rotatable bonds is 4. The zero-order valence-electron chi connectivity index (χ0n) is 16.0. The first-order valence-electron chi connectivity index (χ1n) is 9.10. The number of hydrogen-bond acceptors (Lipinski definition) is 6. The number of nitrogens with zero attached hydrogens (tertiary/aromatic N) is 3. The van der Waals surface area contributed by atoms with E-state index in [9.17, 15) is 14.4 Å². The number of amides is 2. The second-order valence-corrected chi connectivity index (χ2v) is 7.50. The Morgan fingerprint density at radius 2 is 2.07 bits per heavy atom. The Balaban J connectivity index is 1.72. The van der Waals surface area contributed by atoms with E-state index in [0.29, 0.717) is 6.54 Å². The number of nitrogens with one attached hydrogen (secondary N) is 1. The van der Waals surface area contributed by atoms with Crippen molar-refractivity contribution < 1.29 is 19.1 Å². The van der Waals surface area contributed by atoms with Gasteiger partial charge in [-0.05, 0) is 24.1 Å². The molecule has 2 fully saturated rings. The lowest BCUT2D eigenvalue weighted by Crippen LogP contribution is -2.53. The summed E-state index contributed by atoms with van der Waals surface area (Å²) >= 11 is 0. The van der Waals surface area contributed by atoms with E-state index in [-0.39, 0.29) is 11.8 Å². The van der Waals surface area contributed by atoms with Crippen molar-refractivity contribution in [3.05, 3.63) is 53.9 Å². The number of methoxy groups -OCH3 is 1. The maximum absolute atomic E-state index is 12.8. The Labute approximate surface area is 162 Å². The minimum atomic E-state index is -1.26. The summed E-state index contributed by atoms with van der Waals surface area (Å²) in [4.78, 5) is 39.2. The van der Waals surface area contributed by atoms with Gasteiger partial charge in [0.05, 0.1) is 25.5 Å². The smallest absolute Gasteiger partial charge is 0.326 e. The van der Waals surface area contributed by atoms with Crippen molar-refractivity contribution in [3.8, 4) is 0 Å². The molecule has 4 rings (SSSR count). The minimum Gasteiger partial charge on any atom is -0.468 e. The molecule has 1 aromatic heterocycles. The number of aromatic nitrogens is 2. The molecule has 2 aliphatic rings. The fourth-order valence-electron chi connectivity index (χ4n) is 4.44. The van der Waals surface area contributed by atoms with Crippen LogP contribution >= 0.6 is 0 Å². The van der Waals surface area contributed by atoms with Crippen LogP contribution in [-0.4, -0.2) is 52.2 Å². The van der Waals surface area contributed by atoms with Gasteiger partial charge < -0.3 is 4.74 Å². The van der Waals surface area contributed by atoms with Crippen LogP contribution in [0.2, 0.25) is 0 Å². The number of carbonyl (C=O) groups is 3. The van der Waals surface area contributed by atoms with E-state index in [2.05, 4.69) is 10.4 Å². The Bertz CT molecular complexity index is 941. The third-order valence-corrected chi connectivity index (χ3v) is 5.83. The van der Waals surface area contributed by atoms with Crippen LogP contribution in [0.25, 0.3) is 0 Å². The van der Waals surface area contributed by atoms with E-state index in [1.165, 1.54) is 14.2 Å². The number of esters is 1.